The van der Waals surface area contributed by atoms with Crippen molar-refractivity contribution in [3.05, 3.63) is 63.6 Å². The second-order valence-corrected chi connectivity index (χ2v) is 5.44. The number of halogens is 3. The molecule has 1 N–H and O–H groups in total. The van der Waals surface area contributed by atoms with Gasteiger partial charge >= 0.3 is 0 Å². The van der Waals surface area contributed by atoms with Gasteiger partial charge in [-0.2, -0.15) is 0 Å². The van der Waals surface area contributed by atoms with E-state index in [9.17, 15) is 13.9 Å². The van der Waals surface area contributed by atoms with E-state index < -0.39 is 17.7 Å². The molecule has 0 aromatic heterocycles. The maximum absolute atomic E-state index is 13.7. The van der Waals surface area contributed by atoms with E-state index in [0.717, 1.165) is 12.5 Å². The van der Waals surface area contributed by atoms with Gasteiger partial charge in [-0.15, -0.1) is 0 Å². The fourth-order valence-corrected chi connectivity index (χ4v) is 2.44. The molecule has 0 bridgehead atoms. The molecule has 1 unspecified atom stereocenters. The summed E-state index contributed by atoms with van der Waals surface area (Å²) in [7, 11) is 0. The van der Waals surface area contributed by atoms with E-state index in [2.05, 4.69) is 15.9 Å². The standard InChI is InChI=1S/C16H15BrF2O2/c1-2-8-21-14-7-6-10(9-12(14)17)16(20)11-4-3-5-13(18)15(11)19/h3-7,9,16,20H,2,8H2,1H3. The van der Waals surface area contributed by atoms with Gasteiger partial charge in [-0.1, -0.05) is 25.1 Å². The van der Waals surface area contributed by atoms with E-state index in [1.807, 2.05) is 6.92 Å². The Hall–Kier alpha value is -1.46. The van der Waals surface area contributed by atoms with Gasteiger partial charge in [-0.25, -0.2) is 8.78 Å². The van der Waals surface area contributed by atoms with Gasteiger partial charge in [-0.05, 0) is 46.1 Å². The minimum Gasteiger partial charge on any atom is -0.492 e. The highest BCUT2D eigenvalue weighted by Gasteiger charge is 2.18. The Morgan fingerprint density at radius 2 is 2.00 bits per heavy atom. The molecule has 5 heteroatoms. The molecule has 2 nitrogen and oxygen atoms in total. The number of hydrogen-bond acceptors (Lipinski definition) is 2. The first-order valence-corrected chi connectivity index (χ1v) is 7.38. The lowest BCUT2D eigenvalue weighted by molar-refractivity contribution is 0.213. The lowest BCUT2D eigenvalue weighted by Crippen LogP contribution is -2.05. The Kier molecular flexibility index (Phi) is 5.31. The molecule has 0 saturated heterocycles. The van der Waals surface area contributed by atoms with E-state index in [-0.39, 0.29) is 5.56 Å². The van der Waals surface area contributed by atoms with Gasteiger partial charge in [0, 0.05) is 5.56 Å². The van der Waals surface area contributed by atoms with Gasteiger partial charge < -0.3 is 9.84 Å². The third-order valence-electron chi connectivity index (χ3n) is 3.01. The lowest BCUT2D eigenvalue weighted by Gasteiger charge is -2.15. The first-order valence-electron chi connectivity index (χ1n) is 6.58. The number of aliphatic hydroxyl groups is 1. The summed E-state index contributed by atoms with van der Waals surface area (Å²) in [6.45, 7) is 2.58. The highest BCUT2D eigenvalue weighted by Crippen LogP contribution is 2.32. The Morgan fingerprint density at radius 1 is 1.24 bits per heavy atom. The molecule has 2 rings (SSSR count). The van der Waals surface area contributed by atoms with Gasteiger partial charge in [0.1, 0.15) is 11.9 Å². The van der Waals surface area contributed by atoms with Crippen molar-refractivity contribution in [3.8, 4) is 5.75 Å². The Bertz CT molecular complexity index is 632. The van der Waals surface area contributed by atoms with Crippen LogP contribution < -0.4 is 4.74 Å². The summed E-state index contributed by atoms with van der Waals surface area (Å²) in [5, 5.41) is 10.2. The Morgan fingerprint density at radius 3 is 2.67 bits per heavy atom. The number of benzene rings is 2. The van der Waals surface area contributed by atoms with Crippen molar-refractivity contribution in [3.63, 3.8) is 0 Å². The van der Waals surface area contributed by atoms with Crippen molar-refractivity contribution < 1.29 is 18.6 Å². The fourth-order valence-electron chi connectivity index (χ4n) is 1.93. The molecule has 21 heavy (non-hydrogen) atoms. The van der Waals surface area contributed by atoms with Gasteiger partial charge in [0.15, 0.2) is 11.6 Å². The van der Waals surface area contributed by atoms with Crippen LogP contribution in [0.5, 0.6) is 5.75 Å². The monoisotopic (exact) mass is 356 g/mol. The second kappa shape index (κ2) is 7.00. The molecule has 1 atom stereocenters. The number of hydrogen-bond donors (Lipinski definition) is 1. The topological polar surface area (TPSA) is 29.5 Å². The van der Waals surface area contributed by atoms with Crippen LogP contribution in [0.25, 0.3) is 0 Å². The molecule has 0 aliphatic heterocycles. The Labute approximate surface area is 130 Å². The zero-order valence-electron chi connectivity index (χ0n) is 11.4. The molecule has 0 radical (unpaired) electrons. The summed E-state index contributed by atoms with van der Waals surface area (Å²) >= 11 is 3.35. The summed E-state index contributed by atoms with van der Waals surface area (Å²) in [5.74, 6) is -1.37. The van der Waals surface area contributed by atoms with Crippen molar-refractivity contribution >= 4 is 15.9 Å². The van der Waals surface area contributed by atoms with Crippen molar-refractivity contribution in [2.45, 2.75) is 19.4 Å². The molecule has 112 valence electrons. The van der Waals surface area contributed by atoms with Crippen molar-refractivity contribution in [1.29, 1.82) is 0 Å². The molecule has 0 spiro atoms. The van der Waals surface area contributed by atoms with Crippen LogP contribution in [-0.2, 0) is 0 Å². The number of ether oxygens (including phenoxy) is 1. The SMILES string of the molecule is CCCOc1ccc(C(O)c2cccc(F)c2F)cc1Br. The van der Waals surface area contributed by atoms with Crippen LogP contribution in [0.3, 0.4) is 0 Å². The average molecular weight is 357 g/mol. The number of aliphatic hydroxyl groups excluding tert-OH is 1. The maximum atomic E-state index is 13.7. The van der Waals surface area contributed by atoms with Crippen LogP contribution in [0, 0.1) is 11.6 Å². The van der Waals surface area contributed by atoms with Crippen molar-refractivity contribution in [2.24, 2.45) is 0 Å². The highest BCUT2D eigenvalue weighted by molar-refractivity contribution is 9.10. The van der Waals surface area contributed by atoms with Gasteiger partial charge in [0.2, 0.25) is 0 Å². The summed E-state index contributed by atoms with van der Waals surface area (Å²) in [6.07, 6.45) is -0.358. The number of rotatable bonds is 5. The predicted molar refractivity (Wildman–Crippen MR) is 80.3 cm³/mol. The molecule has 0 fully saturated rings. The Balaban J connectivity index is 2.29. The summed E-state index contributed by atoms with van der Waals surface area (Å²) in [4.78, 5) is 0. The van der Waals surface area contributed by atoms with Crippen LogP contribution in [0.1, 0.15) is 30.6 Å². The summed E-state index contributed by atoms with van der Waals surface area (Å²) in [6, 6.07) is 8.70. The molecular formula is C16H15BrF2O2. The summed E-state index contributed by atoms with van der Waals surface area (Å²) in [5.41, 5.74) is 0.361. The average Bonchev–Trinajstić information content (AvgIpc) is 2.48. The minimum atomic E-state index is -1.24. The molecular weight excluding hydrogens is 342 g/mol. The molecule has 0 heterocycles. The first-order chi connectivity index (χ1) is 10.0. The lowest BCUT2D eigenvalue weighted by atomic mass is 10.0. The van der Waals surface area contributed by atoms with Crippen molar-refractivity contribution in [2.75, 3.05) is 6.61 Å². The normalized spacial score (nSPS) is 12.2. The molecule has 0 aliphatic carbocycles. The zero-order valence-corrected chi connectivity index (χ0v) is 13.0. The zero-order chi connectivity index (χ0) is 15.4. The molecule has 2 aromatic carbocycles. The van der Waals surface area contributed by atoms with Gasteiger partial charge in [0.05, 0.1) is 11.1 Å². The van der Waals surface area contributed by atoms with Gasteiger partial charge in [-0.3, -0.25) is 0 Å². The van der Waals surface area contributed by atoms with E-state index >= 15 is 0 Å². The maximum Gasteiger partial charge on any atom is 0.164 e. The van der Waals surface area contributed by atoms with E-state index in [0.29, 0.717) is 22.4 Å². The van der Waals surface area contributed by atoms with Crippen LogP contribution in [-0.4, -0.2) is 11.7 Å². The van der Waals surface area contributed by atoms with Gasteiger partial charge in [0.25, 0.3) is 0 Å². The largest absolute Gasteiger partial charge is 0.492 e. The minimum absolute atomic E-state index is 0.0934. The van der Waals surface area contributed by atoms with Crippen LogP contribution in [0.4, 0.5) is 8.78 Å². The molecule has 0 amide bonds. The van der Waals surface area contributed by atoms with Crippen LogP contribution in [0.15, 0.2) is 40.9 Å². The van der Waals surface area contributed by atoms with Crippen molar-refractivity contribution in [1.82, 2.24) is 0 Å². The summed E-state index contributed by atoms with van der Waals surface area (Å²) < 4.78 is 33.1. The van der Waals surface area contributed by atoms with E-state index in [4.69, 9.17) is 4.74 Å². The van der Waals surface area contributed by atoms with Crippen LogP contribution in [0.2, 0.25) is 0 Å². The third-order valence-corrected chi connectivity index (χ3v) is 3.63. The molecule has 0 aliphatic rings. The quantitative estimate of drug-likeness (QED) is 0.848. The predicted octanol–water partition coefficient (Wildman–Crippen LogP) is 4.60. The van der Waals surface area contributed by atoms with Crippen LogP contribution >= 0.6 is 15.9 Å². The molecule has 2 aromatic rings. The third kappa shape index (κ3) is 3.60. The first kappa shape index (κ1) is 15.9. The smallest absolute Gasteiger partial charge is 0.164 e. The molecule has 0 saturated carbocycles. The second-order valence-electron chi connectivity index (χ2n) is 4.58. The highest BCUT2D eigenvalue weighted by atomic mass is 79.9. The van der Waals surface area contributed by atoms with E-state index in [1.165, 1.54) is 12.1 Å². The fraction of sp³-hybridized carbons (Fsp3) is 0.250. The van der Waals surface area contributed by atoms with E-state index in [1.54, 1.807) is 18.2 Å².